The average molecular weight is 347 g/mol. The van der Waals surface area contributed by atoms with Gasteiger partial charge in [-0.15, -0.1) is 0 Å². The van der Waals surface area contributed by atoms with Gasteiger partial charge in [0.25, 0.3) is 0 Å². The molecular weight excluding hydrogens is 322 g/mol. The number of hydrogen-bond acceptors (Lipinski definition) is 4. The third-order valence-corrected chi connectivity index (χ3v) is 5.22. The predicted molar refractivity (Wildman–Crippen MR) is 102 cm³/mol. The summed E-state index contributed by atoms with van der Waals surface area (Å²) < 4.78 is 5.43. The van der Waals surface area contributed by atoms with Gasteiger partial charge in [0, 0.05) is 6.04 Å². The SMILES string of the molecule is c1ccc(Cc2nc(CN[C@@H](c3ccccc3)C3CCCC3)no2)cc1. The first kappa shape index (κ1) is 17.0. The average Bonchev–Trinajstić information content (AvgIpc) is 3.36. The Morgan fingerprint density at radius 2 is 1.65 bits per heavy atom. The molecule has 0 aliphatic heterocycles. The monoisotopic (exact) mass is 347 g/mol. The predicted octanol–water partition coefficient (Wildman–Crippen LogP) is 4.68. The Balaban J connectivity index is 1.41. The van der Waals surface area contributed by atoms with Gasteiger partial charge in [-0.1, -0.05) is 78.7 Å². The Hall–Kier alpha value is -2.46. The summed E-state index contributed by atoms with van der Waals surface area (Å²) in [6.07, 6.45) is 5.92. The molecule has 4 heteroatoms. The Morgan fingerprint density at radius 3 is 2.38 bits per heavy atom. The van der Waals surface area contributed by atoms with Gasteiger partial charge in [-0.25, -0.2) is 0 Å². The number of nitrogens with zero attached hydrogens (tertiary/aromatic N) is 2. The fourth-order valence-electron chi connectivity index (χ4n) is 3.91. The summed E-state index contributed by atoms with van der Waals surface area (Å²) in [7, 11) is 0. The molecule has 0 unspecified atom stereocenters. The van der Waals surface area contributed by atoms with Crippen molar-refractivity contribution in [3.63, 3.8) is 0 Å². The van der Waals surface area contributed by atoms with Crippen LogP contribution in [0.4, 0.5) is 0 Å². The van der Waals surface area contributed by atoms with Gasteiger partial charge in [0.1, 0.15) is 0 Å². The molecule has 0 radical (unpaired) electrons. The molecule has 4 rings (SSSR count). The van der Waals surface area contributed by atoms with Gasteiger partial charge in [-0.3, -0.25) is 0 Å². The first-order chi connectivity index (χ1) is 12.9. The quantitative estimate of drug-likeness (QED) is 0.674. The van der Waals surface area contributed by atoms with Crippen LogP contribution in [0.3, 0.4) is 0 Å². The summed E-state index contributed by atoms with van der Waals surface area (Å²) >= 11 is 0. The van der Waals surface area contributed by atoms with Crippen LogP contribution in [-0.2, 0) is 13.0 Å². The number of benzene rings is 2. The van der Waals surface area contributed by atoms with Crippen molar-refractivity contribution >= 4 is 0 Å². The fourth-order valence-corrected chi connectivity index (χ4v) is 3.91. The molecule has 2 aromatic carbocycles. The fraction of sp³-hybridized carbons (Fsp3) is 0.364. The first-order valence-electron chi connectivity index (χ1n) is 9.52. The topological polar surface area (TPSA) is 51.0 Å². The molecule has 0 saturated heterocycles. The summed E-state index contributed by atoms with van der Waals surface area (Å²) in [5.74, 6) is 2.09. The lowest BCUT2D eigenvalue weighted by molar-refractivity contribution is 0.350. The van der Waals surface area contributed by atoms with Crippen LogP contribution in [0.15, 0.2) is 65.2 Å². The maximum atomic E-state index is 5.43. The minimum atomic E-state index is 0.356. The van der Waals surface area contributed by atoms with E-state index in [-0.39, 0.29) is 0 Å². The van der Waals surface area contributed by atoms with Gasteiger partial charge >= 0.3 is 0 Å². The molecule has 1 N–H and O–H groups in total. The summed E-state index contributed by atoms with van der Waals surface area (Å²) in [4.78, 5) is 4.56. The molecule has 4 nitrogen and oxygen atoms in total. The van der Waals surface area contributed by atoms with E-state index in [4.69, 9.17) is 4.52 Å². The lowest BCUT2D eigenvalue weighted by Crippen LogP contribution is -2.27. The van der Waals surface area contributed by atoms with Crippen LogP contribution < -0.4 is 5.32 Å². The Kier molecular flexibility index (Phi) is 5.41. The molecule has 1 fully saturated rings. The molecule has 1 aromatic heterocycles. The zero-order chi connectivity index (χ0) is 17.6. The number of nitrogens with one attached hydrogen (secondary N) is 1. The van der Waals surface area contributed by atoms with E-state index in [0.717, 1.165) is 5.82 Å². The molecule has 1 aliphatic rings. The van der Waals surface area contributed by atoms with Crippen molar-refractivity contribution in [2.45, 2.75) is 44.7 Å². The van der Waals surface area contributed by atoms with Crippen molar-refractivity contribution in [2.75, 3.05) is 0 Å². The maximum absolute atomic E-state index is 5.43. The molecular formula is C22H25N3O. The molecule has 0 bridgehead atoms. The van der Waals surface area contributed by atoms with E-state index in [1.54, 1.807) is 0 Å². The van der Waals surface area contributed by atoms with Crippen molar-refractivity contribution in [2.24, 2.45) is 5.92 Å². The smallest absolute Gasteiger partial charge is 0.231 e. The number of rotatable bonds is 7. The minimum absolute atomic E-state index is 0.356. The summed E-state index contributed by atoms with van der Waals surface area (Å²) in [5, 5.41) is 7.84. The second kappa shape index (κ2) is 8.28. The normalized spacial score (nSPS) is 16.0. The Labute approximate surface area is 154 Å². The maximum Gasteiger partial charge on any atom is 0.231 e. The highest BCUT2D eigenvalue weighted by molar-refractivity contribution is 5.20. The highest BCUT2D eigenvalue weighted by Crippen LogP contribution is 2.35. The lowest BCUT2D eigenvalue weighted by atomic mass is 9.91. The summed E-state index contributed by atoms with van der Waals surface area (Å²) in [6, 6.07) is 21.3. The van der Waals surface area contributed by atoms with Gasteiger partial charge < -0.3 is 9.84 Å². The third-order valence-electron chi connectivity index (χ3n) is 5.22. The van der Waals surface area contributed by atoms with Crippen LogP contribution in [0.2, 0.25) is 0 Å². The number of aromatic nitrogens is 2. The summed E-state index contributed by atoms with van der Waals surface area (Å²) in [6.45, 7) is 0.633. The third kappa shape index (κ3) is 4.20. The Bertz CT molecular complexity index is 795. The molecule has 1 saturated carbocycles. The van der Waals surface area contributed by atoms with Crippen molar-refractivity contribution in [1.29, 1.82) is 0 Å². The molecule has 134 valence electrons. The van der Waals surface area contributed by atoms with Gasteiger partial charge in [0.15, 0.2) is 5.82 Å². The molecule has 0 spiro atoms. The standard InChI is InChI=1S/C22H25N3O/c1-3-9-17(10-4-1)15-21-24-20(25-26-21)16-23-22(19-13-7-8-14-19)18-11-5-2-6-12-18/h1-6,9-12,19,22-23H,7-8,13-16H2/t22-/m0/s1. The minimum Gasteiger partial charge on any atom is -0.339 e. The van der Waals surface area contributed by atoms with E-state index in [1.165, 1.54) is 36.8 Å². The van der Waals surface area contributed by atoms with Crippen LogP contribution >= 0.6 is 0 Å². The van der Waals surface area contributed by atoms with E-state index in [1.807, 2.05) is 18.2 Å². The van der Waals surface area contributed by atoms with Crippen LogP contribution in [0, 0.1) is 5.92 Å². The van der Waals surface area contributed by atoms with Crippen LogP contribution in [-0.4, -0.2) is 10.1 Å². The van der Waals surface area contributed by atoms with Gasteiger partial charge in [-0.2, -0.15) is 4.98 Å². The zero-order valence-corrected chi connectivity index (χ0v) is 15.0. The van der Waals surface area contributed by atoms with E-state index < -0.39 is 0 Å². The molecule has 26 heavy (non-hydrogen) atoms. The first-order valence-corrected chi connectivity index (χ1v) is 9.52. The second-order valence-electron chi connectivity index (χ2n) is 7.08. The molecule has 1 heterocycles. The zero-order valence-electron chi connectivity index (χ0n) is 15.0. The molecule has 0 amide bonds. The lowest BCUT2D eigenvalue weighted by Gasteiger charge is -2.24. The van der Waals surface area contributed by atoms with Gasteiger partial charge in [0.2, 0.25) is 5.89 Å². The molecule has 1 aliphatic carbocycles. The number of hydrogen-bond donors (Lipinski definition) is 1. The highest BCUT2D eigenvalue weighted by Gasteiger charge is 2.26. The van der Waals surface area contributed by atoms with Crippen LogP contribution in [0.5, 0.6) is 0 Å². The van der Waals surface area contributed by atoms with Crippen molar-refractivity contribution in [1.82, 2.24) is 15.5 Å². The van der Waals surface area contributed by atoms with E-state index in [2.05, 4.69) is 57.9 Å². The molecule has 1 atom stereocenters. The van der Waals surface area contributed by atoms with Crippen LogP contribution in [0.1, 0.15) is 54.6 Å². The van der Waals surface area contributed by atoms with Gasteiger partial charge in [-0.05, 0) is 29.9 Å². The van der Waals surface area contributed by atoms with E-state index in [0.29, 0.717) is 30.8 Å². The van der Waals surface area contributed by atoms with Crippen molar-refractivity contribution < 1.29 is 4.52 Å². The Morgan fingerprint density at radius 1 is 0.962 bits per heavy atom. The molecule has 3 aromatic rings. The van der Waals surface area contributed by atoms with Crippen molar-refractivity contribution in [3.05, 3.63) is 83.5 Å². The van der Waals surface area contributed by atoms with E-state index in [9.17, 15) is 0 Å². The van der Waals surface area contributed by atoms with E-state index >= 15 is 0 Å². The van der Waals surface area contributed by atoms with Gasteiger partial charge in [0.05, 0.1) is 13.0 Å². The van der Waals surface area contributed by atoms with Crippen LogP contribution in [0.25, 0.3) is 0 Å². The highest BCUT2D eigenvalue weighted by atomic mass is 16.5. The second-order valence-corrected chi connectivity index (χ2v) is 7.08. The van der Waals surface area contributed by atoms with Crippen molar-refractivity contribution in [3.8, 4) is 0 Å². The largest absolute Gasteiger partial charge is 0.339 e. The summed E-state index contributed by atoms with van der Waals surface area (Å²) in [5.41, 5.74) is 2.54.